The van der Waals surface area contributed by atoms with Crippen LogP contribution in [0.5, 0.6) is 0 Å². The Morgan fingerprint density at radius 2 is 2.15 bits per heavy atom. The first-order valence-electron chi connectivity index (χ1n) is 3.45. The van der Waals surface area contributed by atoms with Crippen LogP contribution < -0.4 is 0 Å². The van der Waals surface area contributed by atoms with Crippen molar-refractivity contribution in [3.05, 3.63) is 20.3 Å². The third-order valence-electron chi connectivity index (χ3n) is 1.45. The molecule has 13 heavy (non-hydrogen) atoms. The number of ketones is 1. The number of Topliss-reactive ketones (excluding diaryl/α,β-unsaturated/α-hetero) is 1. The van der Waals surface area contributed by atoms with Crippen LogP contribution in [-0.4, -0.2) is 18.9 Å². The first-order valence-corrected chi connectivity index (χ1v) is 5.05. The summed E-state index contributed by atoms with van der Waals surface area (Å²) in [6.45, 7) is 1.86. The third-order valence-corrected chi connectivity index (χ3v) is 3.59. The number of methoxy groups -OCH3 is 1. The van der Waals surface area contributed by atoms with Gasteiger partial charge < -0.3 is 4.74 Å². The molecule has 0 unspecified atom stereocenters. The van der Waals surface area contributed by atoms with Crippen molar-refractivity contribution in [2.45, 2.75) is 6.92 Å². The van der Waals surface area contributed by atoms with Crippen LogP contribution in [0.1, 0.15) is 14.5 Å². The van der Waals surface area contributed by atoms with Gasteiger partial charge in [0.25, 0.3) is 5.78 Å². The Kier molecular flexibility index (Phi) is 3.22. The summed E-state index contributed by atoms with van der Waals surface area (Å²) >= 11 is 4.53. The molecule has 0 aromatic carbocycles. The van der Waals surface area contributed by atoms with Gasteiger partial charge in [-0.3, -0.25) is 4.79 Å². The van der Waals surface area contributed by atoms with Gasteiger partial charge in [0.15, 0.2) is 0 Å². The lowest BCUT2D eigenvalue weighted by atomic mass is 10.3. The number of esters is 1. The van der Waals surface area contributed by atoms with Crippen LogP contribution in [0.3, 0.4) is 0 Å². The van der Waals surface area contributed by atoms with E-state index < -0.39 is 11.8 Å². The zero-order valence-corrected chi connectivity index (χ0v) is 9.49. The Labute approximate surface area is 87.8 Å². The van der Waals surface area contributed by atoms with E-state index in [0.717, 1.165) is 9.35 Å². The summed E-state index contributed by atoms with van der Waals surface area (Å²) in [4.78, 5) is 23.5. The molecule has 0 atom stereocenters. The molecule has 5 heteroatoms. The number of hydrogen-bond acceptors (Lipinski definition) is 4. The van der Waals surface area contributed by atoms with Crippen molar-refractivity contribution in [2.24, 2.45) is 0 Å². The number of rotatable bonds is 2. The van der Waals surface area contributed by atoms with Crippen LogP contribution in [0.4, 0.5) is 0 Å². The van der Waals surface area contributed by atoms with Gasteiger partial charge in [-0.1, -0.05) is 0 Å². The maximum atomic E-state index is 11.3. The predicted octanol–water partition coefficient (Wildman–Crippen LogP) is 2.17. The standard InChI is InChI=1S/C8H7BrO3S/c1-4-5(9)3-6(13-4)7(10)8(11)12-2/h3H,1-2H3. The molecule has 0 aliphatic carbocycles. The van der Waals surface area contributed by atoms with E-state index in [9.17, 15) is 9.59 Å². The molecule has 0 aliphatic heterocycles. The Balaban J connectivity index is 2.96. The van der Waals surface area contributed by atoms with Gasteiger partial charge in [0.1, 0.15) is 0 Å². The number of carbonyl (C=O) groups is 2. The molecule has 1 aromatic rings. The van der Waals surface area contributed by atoms with E-state index in [2.05, 4.69) is 20.7 Å². The van der Waals surface area contributed by atoms with E-state index in [4.69, 9.17) is 0 Å². The summed E-state index contributed by atoms with van der Waals surface area (Å²) in [5.41, 5.74) is 0. The molecule has 1 aromatic heterocycles. The first-order chi connectivity index (χ1) is 6.06. The minimum atomic E-state index is -0.825. The molecule has 0 fully saturated rings. The average Bonchev–Trinajstić information content (AvgIpc) is 2.44. The van der Waals surface area contributed by atoms with Gasteiger partial charge in [-0.15, -0.1) is 11.3 Å². The van der Waals surface area contributed by atoms with Gasteiger partial charge in [-0.2, -0.15) is 0 Å². The van der Waals surface area contributed by atoms with Gasteiger partial charge in [-0.05, 0) is 28.9 Å². The zero-order valence-electron chi connectivity index (χ0n) is 7.09. The molecule has 0 amide bonds. The lowest BCUT2D eigenvalue weighted by Gasteiger charge is -1.92. The van der Waals surface area contributed by atoms with Gasteiger partial charge in [0, 0.05) is 9.35 Å². The SMILES string of the molecule is COC(=O)C(=O)c1cc(Br)c(C)s1. The quantitative estimate of drug-likeness (QED) is 0.466. The second-order valence-corrected chi connectivity index (χ2v) is 4.45. The molecule has 1 heterocycles. The fourth-order valence-electron chi connectivity index (χ4n) is 0.765. The third kappa shape index (κ3) is 2.16. The maximum absolute atomic E-state index is 11.3. The van der Waals surface area contributed by atoms with Gasteiger partial charge in [-0.25, -0.2) is 4.79 Å². The van der Waals surface area contributed by atoms with Crippen LogP contribution in [0, 0.1) is 6.92 Å². The molecule has 0 aliphatic rings. The van der Waals surface area contributed by atoms with Crippen LogP contribution in [0.15, 0.2) is 10.5 Å². The van der Waals surface area contributed by atoms with Crippen molar-refractivity contribution < 1.29 is 14.3 Å². The highest BCUT2D eigenvalue weighted by atomic mass is 79.9. The summed E-state index contributed by atoms with van der Waals surface area (Å²) in [6, 6.07) is 1.62. The maximum Gasteiger partial charge on any atom is 0.380 e. The van der Waals surface area contributed by atoms with E-state index in [1.165, 1.54) is 18.4 Å². The molecule has 0 bridgehead atoms. The average molecular weight is 263 g/mol. The van der Waals surface area contributed by atoms with Crippen LogP contribution in [0.25, 0.3) is 0 Å². The fraction of sp³-hybridized carbons (Fsp3) is 0.250. The number of ether oxygens (including phenoxy) is 1. The summed E-state index contributed by atoms with van der Waals surface area (Å²) in [7, 11) is 1.19. The first kappa shape index (κ1) is 10.4. The molecular weight excluding hydrogens is 256 g/mol. The molecule has 0 saturated carbocycles. The highest BCUT2D eigenvalue weighted by Crippen LogP contribution is 2.26. The van der Waals surface area contributed by atoms with Crippen molar-refractivity contribution in [2.75, 3.05) is 7.11 Å². The van der Waals surface area contributed by atoms with E-state index >= 15 is 0 Å². The molecule has 0 N–H and O–H groups in total. The molecular formula is C8H7BrO3S. The number of aryl methyl sites for hydroxylation is 1. The number of halogens is 1. The Bertz CT molecular complexity index is 337. The van der Waals surface area contributed by atoms with Gasteiger partial charge in [0.05, 0.1) is 12.0 Å². The van der Waals surface area contributed by atoms with Crippen molar-refractivity contribution >= 4 is 39.0 Å². The van der Waals surface area contributed by atoms with E-state index in [1.54, 1.807) is 6.07 Å². The molecule has 70 valence electrons. The van der Waals surface area contributed by atoms with Crippen LogP contribution >= 0.6 is 27.3 Å². The summed E-state index contributed by atoms with van der Waals surface area (Å²) in [5.74, 6) is -1.42. The summed E-state index contributed by atoms with van der Waals surface area (Å²) in [5, 5.41) is 0. The molecule has 3 nitrogen and oxygen atoms in total. The molecule has 0 spiro atoms. The van der Waals surface area contributed by atoms with E-state index in [1.807, 2.05) is 6.92 Å². The highest BCUT2D eigenvalue weighted by Gasteiger charge is 2.19. The lowest BCUT2D eigenvalue weighted by molar-refractivity contribution is -0.135. The van der Waals surface area contributed by atoms with Crippen molar-refractivity contribution in [3.8, 4) is 0 Å². The Hall–Kier alpha value is -0.680. The van der Waals surface area contributed by atoms with Crippen molar-refractivity contribution in [3.63, 3.8) is 0 Å². The predicted molar refractivity (Wildman–Crippen MR) is 53.1 cm³/mol. The van der Waals surface area contributed by atoms with Crippen molar-refractivity contribution in [1.82, 2.24) is 0 Å². The largest absolute Gasteiger partial charge is 0.463 e. The molecule has 1 rings (SSSR count). The van der Waals surface area contributed by atoms with Crippen LogP contribution in [0.2, 0.25) is 0 Å². The summed E-state index contributed by atoms with van der Waals surface area (Å²) in [6.07, 6.45) is 0. The van der Waals surface area contributed by atoms with E-state index in [0.29, 0.717) is 4.88 Å². The van der Waals surface area contributed by atoms with Crippen LogP contribution in [-0.2, 0) is 9.53 Å². The minimum absolute atomic E-state index is 0.399. The second kappa shape index (κ2) is 4.02. The monoisotopic (exact) mass is 262 g/mol. The second-order valence-electron chi connectivity index (χ2n) is 2.34. The minimum Gasteiger partial charge on any atom is -0.463 e. The smallest absolute Gasteiger partial charge is 0.380 e. The van der Waals surface area contributed by atoms with Crippen molar-refractivity contribution in [1.29, 1.82) is 0 Å². The molecule has 0 radical (unpaired) electrons. The van der Waals surface area contributed by atoms with E-state index in [-0.39, 0.29) is 0 Å². The molecule has 0 saturated heterocycles. The van der Waals surface area contributed by atoms with Gasteiger partial charge in [0.2, 0.25) is 0 Å². The highest BCUT2D eigenvalue weighted by molar-refractivity contribution is 9.10. The lowest BCUT2D eigenvalue weighted by Crippen LogP contribution is -2.14. The number of carbonyl (C=O) groups excluding carboxylic acids is 2. The summed E-state index contributed by atoms with van der Waals surface area (Å²) < 4.78 is 5.16. The Morgan fingerprint density at radius 1 is 1.54 bits per heavy atom. The number of hydrogen-bond donors (Lipinski definition) is 0. The van der Waals surface area contributed by atoms with Gasteiger partial charge >= 0.3 is 5.97 Å². The zero-order chi connectivity index (χ0) is 10.0. The number of thiophene rings is 1. The Morgan fingerprint density at radius 3 is 2.54 bits per heavy atom. The topological polar surface area (TPSA) is 43.4 Å². The fourth-order valence-corrected chi connectivity index (χ4v) is 2.23. The normalized spacial score (nSPS) is 9.77.